The van der Waals surface area contributed by atoms with Gasteiger partial charge in [-0.05, 0) is 122 Å². The van der Waals surface area contributed by atoms with Gasteiger partial charge in [0.2, 0.25) is 0 Å². The summed E-state index contributed by atoms with van der Waals surface area (Å²) in [6.45, 7) is 5.08. The van der Waals surface area contributed by atoms with Crippen LogP contribution < -0.4 is 9.80 Å². The molecule has 2 heteroatoms. The molecule has 2 unspecified atom stereocenters. The van der Waals surface area contributed by atoms with Crippen molar-refractivity contribution in [3.05, 3.63) is 331 Å². The van der Waals surface area contributed by atoms with E-state index in [-0.39, 0.29) is 0 Å². The Morgan fingerprint density at radius 3 is 1.03 bits per heavy atom. The van der Waals surface area contributed by atoms with Gasteiger partial charge in [-0.15, -0.1) is 0 Å². The molecule has 376 valence electrons. The number of nitrogens with zero attached hydrogens (tertiary/aromatic N) is 2. The zero-order chi connectivity index (χ0) is 52.9. The lowest BCUT2D eigenvalue weighted by Crippen LogP contribution is -2.44. The summed E-state index contributed by atoms with van der Waals surface area (Å²) in [6.07, 6.45) is 11.8. The summed E-state index contributed by atoms with van der Waals surface area (Å²) in [4.78, 5) is 5.05. The number of hydrogen-bond donors (Lipinski definition) is 0. The van der Waals surface area contributed by atoms with Crippen LogP contribution in [0.15, 0.2) is 303 Å². The van der Waals surface area contributed by atoms with Crippen molar-refractivity contribution in [2.24, 2.45) is 0 Å². The van der Waals surface area contributed by atoms with Crippen molar-refractivity contribution in [1.29, 1.82) is 0 Å². The summed E-state index contributed by atoms with van der Waals surface area (Å²) in [5.74, 6) is 0. The van der Waals surface area contributed by atoms with E-state index in [4.69, 9.17) is 0 Å². The molecule has 0 aliphatic heterocycles. The van der Waals surface area contributed by atoms with Crippen molar-refractivity contribution in [2.45, 2.75) is 31.1 Å². The van der Waals surface area contributed by atoms with E-state index in [9.17, 15) is 0 Å². The zero-order valence-corrected chi connectivity index (χ0v) is 44.5. The number of benzene rings is 11. The summed E-state index contributed by atoms with van der Waals surface area (Å²) < 4.78 is 0. The highest BCUT2D eigenvalue weighted by molar-refractivity contribution is 5.98. The van der Waals surface area contributed by atoms with Crippen LogP contribution in [0.1, 0.15) is 48.1 Å². The Balaban J connectivity index is 1.01. The van der Waals surface area contributed by atoms with Crippen LogP contribution in [0, 0.1) is 0 Å². The van der Waals surface area contributed by atoms with Crippen LogP contribution >= 0.6 is 0 Å². The van der Waals surface area contributed by atoms with Crippen LogP contribution in [0.4, 0.5) is 34.1 Å². The van der Waals surface area contributed by atoms with E-state index in [0.29, 0.717) is 0 Å². The number of rotatable bonds is 11. The van der Waals surface area contributed by atoms with Gasteiger partial charge in [-0.25, -0.2) is 0 Å². The van der Waals surface area contributed by atoms with Crippen LogP contribution in [0.2, 0.25) is 0 Å². The van der Waals surface area contributed by atoms with Crippen molar-refractivity contribution in [3.63, 3.8) is 0 Å². The van der Waals surface area contributed by atoms with E-state index in [1.165, 1.54) is 89.0 Å². The van der Waals surface area contributed by atoms with Gasteiger partial charge in [0.1, 0.15) is 0 Å². The molecule has 0 saturated carbocycles. The Kier molecular flexibility index (Phi) is 11.9. The van der Waals surface area contributed by atoms with Gasteiger partial charge in [-0.2, -0.15) is 0 Å². The van der Waals surface area contributed by atoms with Crippen molar-refractivity contribution < 1.29 is 0 Å². The molecular weight excluding hydrogens is 953 g/mol. The first-order chi connectivity index (χ1) is 39.0. The maximum absolute atomic E-state index is 2.55. The van der Waals surface area contributed by atoms with Crippen molar-refractivity contribution in [3.8, 4) is 55.6 Å². The number of allylic oxidation sites excluding steroid dienone is 6. The molecule has 0 N–H and O–H groups in total. The third-order valence-electron chi connectivity index (χ3n) is 17.3. The molecule has 0 spiro atoms. The second-order valence-electron chi connectivity index (χ2n) is 21.3. The molecule has 14 rings (SSSR count). The zero-order valence-electron chi connectivity index (χ0n) is 44.5. The Morgan fingerprint density at radius 1 is 0.278 bits per heavy atom. The predicted molar refractivity (Wildman–Crippen MR) is 333 cm³/mol. The topological polar surface area (TPSA) is 6.48 Å². The van der Waals surface area contributed by atoms with Gasteiger partial charge in [-0.3, -0.25) is 0 Å². The smallest absolute Gasteiger partial charge is 0.0540 e. The van der Waals surface area contributed by atoms with Crippen LogP contribution in [-0.4, -0.2) is 0 Å². The average Bonchev–Trinajstić information content (AvgIpc) is 2.61. The van der Waals surface area contributed by atoms with Crippen LogP contribution in [-0.2, 0) is 10.8 Å². The second kappa shape index (κ2) is 19.7. The van der Waals surface area contributed by atoms with Gasteiger partial charge in [0, 0.05) is 44.5 Å². The SMILES string of the molecule is CC1(C2(C)c3ccccc3-c3ccc(N(c4ccccc4-c4ccccc4)c4ccccc4-c4ccccc4)cc32)c2ccccc2-c2ccc(N(c3ccccc3C3=CC=CC=CC3)c3ccccc3-c3ccccc3)cc21. The quantitative estimate of drug-likeness (QED) is 0.127. The predicted octanol–water partition coefficient (Wildman–Crippen LogP) is 20.8. The third-order valence-corrected chi connectivity index (χ3v) is 17.3. The molecule has 2 atom stereocenters. The van der Waals surface area contributed by atoms with E-state index in [0.717, 1.165) is 40.5 Å². The lowest BCUT2D eigenvalue weighted by atomic mass is 9.56. The minimum Gasteiger partial charge on any atom is -0.309 e. The third kappa shape index (κ3) is 7.78. The first-order valence-corrected chi connectivity index (χ1v) is 27.6. The molecular formula is C77H58N2. The second-order valence-corrected chi connectivity index (χ2v) is 21.3. The van der Waals surface area contributed by atoms with Crippen LogP contribution in [0.3, 0.4) is 0 Å². The Morgan fingerprint density at radius 2 is 0.608 bits per heavy atom. The molecule has 11 aromatic carbocycles. The highest BCUT2D eigenvalue weighted by atomic mass is 15.2. The van der Waals surface area contributed by atoms with Gasteiger partial charge in [0.05, 0.1) is 22.7 Å². The molecule has 0 amide bonds. The largest absolute Gasteiger partial charge is 0.309 e. The van der Waals surface area contributed by atoms with Crippen LogP contribution in [0.25, 0.3) is 61.2 Å². The first-order valence-electron chi connectivity index (χ1n) is 27.6. The molecule has 3 aliphatic rings. The van der Waals surface area contributed by atoms with Gasteiger partial charge >= 0.3 is 0 Å². The Labute approximate surface area is 464 Å². The van der Waals surface area contributed by atoms with Crippen LogP contribution in [0.5, 0.6) is 0 Å². The lowest BCUT2D eigenvalue weighted by molar-refractivity contribution is 0.376. The van der Waals surface area contributed by atoms with E-state index >= 15 is 0 Å². The molecule has 2 nitrogen and oxygen atoms in total. The fourth-order valence-electron chi connectivity index (χ4n) is 13.4. The van der Waals surface area contributed by atoms with Crippen molar-refractivity contribution in [1.82, 2.24) is 0 Å². The molecule has 3 aliphatic carbocycles. The van der Waals surface area contributed by atoms with Gasteiger partial charge in [0.25, 0.3) is 0 Å². The summed E-state index contributed by atoms with van der Waals surface area (Å²) in [7, 11) is 0. The van der Waals surface area contributed by atoms with E-state index < -0.39 is 10.8 Å². The normalized spacial score (nSPS) is 16.5. The maximum atomic E-state index is 2.55. The van der Waals surface area contributed by atoms with Crippen molar-refractivity contribution >= 4 is 39.7 Å². The number of para-hydroxylation sites is 4. The molecule has 79 heavy (non-hydrogen) atoms. The fraction of sp³-hybridized carbons (Fsp3) is 0.0649. The van der Waals surface area contributed by atoms with E-state index in [1.807, 2.05) is 0 Å². The molecule has 0 saturated heterocycles. The summed E-state index contributed by atoms with van der Waals surface area (Å²) in [5, 5.41) is 0. The summed E-state index contributed by atoms with van der Waals surface area (Å²) in [6, 6.07) is 101. The molecule has 0 radical (unpaired) electrons. The van der Waals surface area contributed by atoms with Crippen molar-refractivity contribution in [2.75, 3.05) is 9.80 Å². The average molecular weight is 1010 g/mol. The monoisotopic (exact) mass is 1010 g/mol. The molecule has 0 heterocycles. The number of anilines is 6. The summed E-state index contributed by atoms with van der Waals surface area (Å²) in [5.41, 5.74) is 25.4. The van der Waals surface area contributed by atoms with E-state index in [2.05, 4.69) is 327 Å². The maximum Gasteiger partial charge on any atom is 0.0540 e. The molecule has 0 fully saturated rings. The van der Waals surface area contributed by atoms with Gasteiger partial charge in [-0.1, -0.05) is 269 Å². The molecule has 11 aromatic rings. The fourth-order valence-corrected chi connectivity index (χ4v) is 13.4. The Hall–Kier alpha value is -9.76. The highest BCUT2D eigenvalue weighted by Gasteiger charge is 2.57. The summed E-state index contributed by atoms with van der Waals surface area (Å²) >= 11 is 0. The number of hydrogen-bond acceptors (Lipinski definition) is 2. The minimum absolute atomic E-state index is 0.562. The number of fused-ring (bicyclic) bond motifs is 6. The molecule has 0 aromatic heterocycles. The van der Waals surface area contributed by atoms with Gasteiger partial charge in [0.15, 0.2) is 0 Å². The van der Waals surface area contributed by atoms with E-state index in [1.54, 1.807) is 0 Å². The minimum atomic E-state index is -0.563. The first kappa shape index (κ1) is 47.7. The lowest BCUT2D eigenvalue weighted by Gasteiger charge is -2.46. The van der Waals surface area contributed by atoms with Gasteiger partial charge < -0.3 is 9.80 Å². The standard InChI is InChI=1S/C77H58N2/c1-76(68-42-22-16-40-64(68)66-50-48-58(52-70(66)76)78(73-45-25-19-37-61(73)55-30-10-5-11-31-55)72-44-24-18-36-60(72)54-28-8-3-4-9-29-54)77(2)69-43-23-17-41-65(69)67-51-49-59(53-71(67)77)79(74-46-26-20-38-62(74)56-32-12-6-13-33-56)75-47-27-21-39-63(75)57-34-14-7-15-35-57/h3-28,30-53H,29H2,1-2H3. The Bertz CT molecular complexity index is 4120. The highest BCUT2D eigenvalue weighted by Crippen LogP contribution is 2.66. The molecule has 0 bridgehead atoms.